The molecule has 0 aliphatic carbocycles. The molecular formula is C28H41N5O7. The van der Waals surface area contributed by atoms with Gasteiger partial charge in [0, 0.05) is 32.2 Å². The van der Waals surface area contributed by atoms with Crippen molar-refractivity contribution >= 4 is 18.0 Å². The van der Waals surface area contributed by atoms with E-state index < -0.39 is 11.6 Å². The standard InChI is InChI=1S/C28H41N5O7/c1-28(2,3)40-27(36)31-17-22(30-11-13-37-14-12-30)15-23(31)19-38-29-25(34)24-10-9-21-16-32(24)26(35)33(21)39-18-20-7-5-4-6-8-20/h4-8,21-24H,9-19H2,1-3H3,(H,29,34)/t21?,22-,23+,24?/m0/s1. The van der Waals surface area contributed by atoms with Crippen LogP contribution in [0.25, 0.3) is 0 Å². The van der Waals surface area contributed by atoms with Gasteiger partial charge in [-0.25, -0.2) is 15.1 Å². The number of fused-ring (bicyclic) bond motifs is 2. The third-order valence-corrected chi connectivity index (χ3v) is 7.87. The van der Waals surface area contributed by atoms with Crippen molar-refractivity contribution in [2.75, 3.05) is 46.0 Å². The van der Waals surface area contributed by atoms with Crippen LogP contribution in [0.5, 0.6) is 0 Å². The van der Waals surface area contributed by atoms with Gasteiger partial charge in [0.25, 0.3) is 5.91 Å². The first-order valence-electron chi connectivity index (χ1n) is 14.2. The number of nitrogens with one attached hydrogen (secondary N) is 1. The Morgan fingerprint density at radius 2 is 1.80 bits per heavy atom. The normalized spacial score (nSPS) is 27.3. The number of hydrogen-bond acceptors (Lipinski definition) is 8. The van der Waals surface area contributed by atoms with Gasteiger partial charge in [0.2, 0.25) is 0 Å². The van der Waals surface area contributed by atoms with Crippen molar-refractivity contribution in [3.05, 3.63) is 35.9 Å². The number of piperidine rings is 1. The third kappa shape index (κ3) is 6.68. The molecule has 0 saturated carbocycles. The number of carbonyl (C=O) groups is 3. The van der Waals surface area contributed by atoms with E-state index in [2.05, 4.69) is 10.4 Å². The number of amides is 4. The lowest BCUT2D eigenvalue weighted by Gasteiger charge is -2.32. The van der Waals surface area contributed by atoms with E-state index in [4.69, 9.17) is 19.1 Å². The number of hydroxylamine groups is 3. The van der Waals surface area contributed by atoms with Gasteiger partial charge in [-0.05, 0) is 45.6 Å². The molecule has 2 bridgehead atoms. The quantitative estimate of drug-likeness (QED) is 0.482. The second-order valence-corrected chi connectivity index (χ2v) is 11.9. The molecule has 4 fully saturated rings. The molecule has 4 atom stereocenters. The van der Waals surface area contributed by atoms with Crippen LogP contribution in [0.15, 0.2) is 30.3 Å². The molecule has 1 aromatic rings. The van der Waals surface area contributed by atoms with E-state index in [0.29, 0.717) is 45.6 Å². The van der Waals surface area contributed by atoms with Crippen LogP contribution < -0.4 is 5.48 Å². The van der Waals surface area contributed by atoms with Crippen molar-refractivity contribution < 1.29 is 33.5 Å². The highest BCUT2D eigenvalue weighted by Crippen LogP contribution is 2.31. The van der Waals surface area contributed by atoms with Gasteiger partial charge in [-0.3, -0.25) is 19.4 Å². The lowest BCUT2D eigenvalue weighted by atomic mass is 10.0. The van der Waals surface area contributed by atoms with Gasteiger partial charge in [-0.2, -0.15) is 5.06 Å². The minimum atomic E-state index is -0.638. The van der Waals surface area contributed by atoms with Gasteiger partial charge in [0.1, 0.15) is 18.2 Å². The summed E-state index contributed by atoms with van der Waals surface area (Å²) in [5, 5.41) is 1.41. The van der Waals surface area contributed by atoms with Crippen molar-refractivity contribution in [2.45, 2.75) is 76.4 Å². The largest absolute Gasteiger partial charge is 0.444 e. The van der Waals surface area contributed by atoms with Crippen molar-refractivity contribution in [2.24, 2.45) is 0 Å². The summed E-state index contributed by atoms with van der Waals surface area (Å²) >= 11 is 0. The maximum Gasteiger partial charge on any atom is 0.410 e. The Labute approximate surface area is 235 Å². The number of hydrogen-bond donors (Lipinski definition) is 1. The molecule has 4 aliphatic rings. The predicted molar refractivity (Wildman–Crippen MR) is 144 cm³/mol. The van der Waals surface area contributed by atoms with Crippen LogP contribution in [-0.4, -0.2) is 114 Å². The Hall–Kier alpha value is -2.93. The fourth-order valence-electron chi connectivity index (χ4n) is 5.87. The maximum atomic E-state index is 13.1. The predicted octanol–water partition coefficient (Wildman–Crippen LogP) is 2.14. The molecule has 12 heteroatoms. The van der Waals surface area contributed by atoms with Crippen molar-refractivity contribution in [1.29, 1.82) is 0 Å². The molecule has 1 aromatic carbocycles. The van der Waals surface area contributed by atoms with Crippen LogP contribution in [-0.2, 0) is 30.6 Å². The zero-order valence-electron chi connectivity index (χ0n) is 23.6. The number of ether oxygens (including phenoxy) is 2. The topological polar surface area (TPSA) is 113 Å². The summed E-state index contributed by atoms with van der Waals surface area (Å²) in [5.74, 6) is -0.372. The summed E-state index contributed by atoms with van der Waals surface area (Å²) in [6, 6.07) is 8.55. The molecule has 40 heavy (non-hydrogen) atoms. The Morgan fingerprint density at radius 3 is 2.52 bits per heavy atom. The van der Waals surface area contributed by atoms with Gasteiger partial charge in [0.15, 0.2) is 0 Å². The number of rotatable bonds is 8. The van der Waals surface area contributed by atoms with Crippen LogP contribution in [0, 0.1) is 0 Å². The third-order valence-electron chi connectivity index (χ3n) is 7.87. The molecule has 5 rings (SSSR count). The molecule has 4 aliphatic heterocycles. The Bertz CT molecular complexity index is 1050. The van der Waals surface area contributed by atoms with Gasteiger partial charge in [0.05, 0.1) is 31.9 Å². The van der Waals surface area contributed by atoms with Crippen LogP contribution in [0.3, 0.4) is 0 Å². The second-order valence-electron chi connectivity index (χ2n) is 11.9. The number of urea groups is 1. The Balaban J connectivity index is 1.14. The van der Waals surface area contributed by atoms with Crippen LogP contribution in [0.1, 0.15) is 45.6 Å². The molecule has 2 unspecified atom stereocenters. The number of nitrogens with zero attached hydrogens (tertiary/aromatic N) is 4. The molecule has 0 spiro atoms. The van der Waals surface area contributed by atoms with E-state index in [-0.39, 0.29) is 49.4 Å². The smallest absolute Gasteiger partial charge is 0.410 e. The first kappa shape index (κ1) is 28.6. The van der Waals surface area contributed by atoms with E-state index in [0.717, 1.165) is 18.7 Å². The summed E-state index contributed by atoms with van der Waals surface area (Å²) in [6.07, 6.45) is 1.49. The SMILES string of the molecule is CC(C)(C)OC(=O)N1C[C@@H](N2CCOCC2)C[C@@H]1CONC(=O)C1CCC2CN1C(=O)N2OCc1ccccc1. The molecule has 220 valence electrons. The molecule has 4 heterocycles. The molecule has 12 nitrogen and oxygen atoms in total. The summed E-state index contributed by atoms with van der Waals surface area (Å²) in [7, 11) is 0. The van der Waals surface area contributed by atoms with E-state index >= 15 is 0 Å². The first-order valence-corrected chi connectivity index (χ1v) is 14.2. The van der Waals surface area contributed by atoms with E-state index in [1.54, 1.807) is 9.80 Å². The zero-order valence-corrected chi connectivity index (χ0v) is 23.6. The fraction of sp³-hybridized carbons (Fsp3) is 0.679. The van der Waals surface area contributed by atoms with Crippen LogP contribution in [0.2, 0.25) is 0 Å². The highest BCUT2D eigenvalue weighted by molar-refractivity contribution is 5.88. The zero-order chi connectivity index (χ0) is 28.3. The van der Waals surface area contributed by atoms with Crippen LogP contribution in [0.4, 0.5) is 9.59 Å². The fourth-order valence-corrected chi connectivity index (χ4v) is 5.87. The summed E-state index contributed by atoms with van der Waals surface area (Å²) in [5.41, 5.74) is 2.91. The second kappa shape index (κ2) is 12.3. The average Bonchev–Trinajstić information content (AvgIpc) is 3.47. The molecular weight excluding hydrogens is 518 g/mol. The Kier molecular flexibility index (Phi) is 8.79. The highest BCUT2D eigenvalue weighted by Gasteiger charge is 2.48. The van der Waals surface area contributed by atoms with Crippen molar-refractivity contribution in [1.82, 2.24) is 25.2 Å². The molecule has 1 N–H and O–H groups in total. The number of likely N-dealkylation sites (tertiary alicyclic amines) is 1. The van der Waals surface area contributed by atoms with E-state index in [1.807, 2.05) is 51.1 Å². The monoisotopic (exact) mass is 559 g/mol. The lowest BCUT2D eigenvalue weighted by Crippen LogP contribution is -2.50. The Morgan fingerprint density at radius 1 is 1.05 bits per heavy atom. The molecule has 0 aromatic heterocycles. The first-order chi connectivity index (χ1) is 19.2. The van der Waals surface area contributed by atoms with Gasteiger partial charge in [-0.15, -0.1) is 0 Å². The average molecular weight is 560 g/mol. The summed E-state index contributed by atoms with van der Waals surface area (Å²) < 4.78 is 11.1. The van der Waals surface area contributed by atoms with Gasteiger partial charge >= 0.3 is 12.1 Å². The molecule has 0 radical (unpaired) electrons. The van der Waals surface area contributed by atoms with Gasteiger partial charge < -0.3 is 19.3 Å². The van der Waals surface area contributed by atoms with Crippen LogP contribution >= 0.6 is 0 Å². The highest BCUT2D eigenvalue weighted by atomic mass is 16.7. The number of benzene rings is 1. The summed E-state index contributed by atoms with van der Waals surface area (Å²) in [4.78, 5) is 56.3. The van der Waals surface area contributed by atoms with Crippen molar-refractivity contribution in [3.8, 4) is 0 Å². The van der Waals surface area contributed by atoms with E-state index in [1.165, 1.54) is 5.06 Å². The maximum absolute atomic E-state index is 13.1. The minimum absolute atomic E-state index is 0.0841. The number of carbonyl (C=O) groups excluding carboxylic acids is 3. The molecule has 4 saturated heterocycles. The van der Waals surface area contributed by atoms with E-state index in [9.17, 15) is 14.4 Å². The van der Waals surface area contributed by atoms with Crippen molar-refractivity contribution in [3.63, 3.8) is 0 Å². The lowest BCUT2D eigenvalue weighted by molar-refractivity contribution is -0.141. The van der Waals surface area contributed by atoms with Gasteiger partial charge in [-0.1, -0.05) is 30.3 Å². The minimum Gasteiger partial charge on any atom is -0.444 e. The molecule has 4 amide bonds. The number of morpholine rings is 1. The summed E-state index contributed by atoms with van der Waals surface area (Å²) in [6.45, 7) is 9.88.